The summed E-state index contributed by atoms with van der Waals surface area (Å²) in [5.41, 5.74) is -1.71. The molecule has 1 aliphatic rings. The summed E-state index contributed by atoms with van der Waals surface area (Å²) in [7, 11) is 0. The summed E-state index contributed by atoms with van der Waals surface area (Å²) in [6.45, 7) is 6.82. The molecule has 15 heavy (non-hydrogen) atoms. The van der Waals surface area contributed by atoms with E-state index in [-0.39, 0.29) is 13.2 Å². The molecule has 0 aliphatic carbocycles. The smallest absolute Gasteiger partial charge is 0.410 e. The van der Waals surface area contributed by atoms with Gasteiger partial charge in [-0.05, 0) is 27.7 Å². The number of nitrogens with zero attached hydrogens (tertiary/aromatic N) is 1. The highest BCUT2D eigenvalue weighted by atomic mass is 16.6. The molecule has 0 saturated carbocycles. The topological polar surface area (TPSA) is 70.0 Å². The lowest BCUT2D eigenvalue weighted by atomic mass is 9.86. The van der Waals surface area contributed by atoms with Crippen molar-refractivity contribution in [3.63, 3.8) is 0 Å². The first kappa shape index (κ1) is 12.3. The van der Waals surface area contributed by atoms with Gasteiger partial charge in [-0.3, -0.25) is 4.90 Å². The third-order valence-corrected chi connectivity index (χ3v) is 2.59. The minimum Gasteiger partial charge on any atom is -0.444 e. The first-order valence-corrected chi connectivity index (χ1v) is 5.02. The number of aliphatic hydroxyl groups excluding tert-OH is 1. The van der Waals surface area contributed by atoms with Gasteiger partial charge in [0, 0.05) is 0 Å². The predicted octanol–water partition coefficient (Wildman–Crippen LogP) is 0.349. The number of β-amino-alcohol motifs (C(OH)–C–C–N with tert-alkyl or cyclic N) is 1. The summed E-state index contributed by atoms with van der Waals surface area (Å²) >= 11 is 0. The molecule has 0 radical (unpaired) electrons. The van der Waals surface area contributed by atoms with Gasteiger partial charge in [0.15, 0.2) is 0 Å². The molecule has 0 bridgehead atoms. The van der Waals surface area contributed by atoms with Crippen LogP contribution >= 0.6 is 0 Å². The molecule has 1 unspecified atom stereocenters. The molecule has 1 aliphatic heterocycles. The van der Waals surface area contributed by atoms with Crippen LogP contribution in [0.1, 0.15) is 27.7 Å². The zero-order valence-electron chi connectivity index (χ0n) is 9.65. The molecular formula is C10H19NO4. The van der Waals surface area contributed by atoms with E-state index in [1.54, 1.807) is 27.7 Å². The van der Waals surface area contributed by atoms with Crippen LogP contribution in [-0.2, 0) is 4.74 Å². The number of ether oxygens (including phenoxy) is 1. The Labute approximate surface area is 89.6 Å². The Morgan fingerprint density at radius 2 is 2.13 bits per heavy atom. The van der Waals surface area contributed by atoms with Crippen LogP contribution in [0.4, 0.5) is 4.79 Å². The van der Waals surface area contributed by atoms with Crippen molar-refractivity contribution in [1.82, 2.24) is 4.90 Å². The highest BCUT2D eigenvalue weighted by molar-refractivity contribution is 5.70. The monoisotopic (exact) mass is 217 g/mol. The minimum absolute atomic E-state index is 0.125. The van der Waals surface area contributed by atoms with E-state index in [1.165, 1.54) is 4.90 Å². The number of carbonyl (C=O) groups excluding carboxylic acids is 1. The van der Waals surface area contributed by atoms with Gasteiger partial charge in [0.05, 0.1) is 19.2 Å². The molecule has 0 aromatic rings. The molecular weight excluding hydrogens is 198 g/mol. The van der Waals surface area contributed by atoms with Crippen LogP contribution in [0, 0.1) is 0 Å². The minimum atomic E-state index is -1.17. The molecule has 1 amide bonds. The van der Waals surface area contributed by atoms with Crippen molar-refractivity contribution in [2.75, 3.05) is 13.2 Å². The van der Waals surface area contributed by atoms with Crippen LogP contribution in [0.3, 0.4) is 0 Å². The van der Waals surface area contributed by atoms with Crippen LogP contribution in [-0.4, -0.2) is 51.6 Å². The zero-order valence-corrected chi connectivity index (χ0v) is 9.65. The number of amides is 1. The Balaban J connectivity index is 2.53. The maximum absolute atomic E-state index is 11.6. The number of hydrogen-bond acceptors (Lipinski definition) is 4. The third kappa shape index (κ3) is 2.41. The van der Waals surface area contributed by atoms with Gasteiger partial charge in [-0.1, -0.05) is 0 Å². The lowest BCUT2D eigenvalue weighted by molar-refractivity contribution is -0.160. The van der Waals surface area contributed by atoms with E-state index in [2.05, 4.69) is 0 Å². The highest BCUT2D eigenvalue weighted by Crippen LogP contribution is 2.30. The fourth-order valence-electron chi connectivity index (χ4n) is 1.47. The fourth-order valence-corrected chi connectivity index (χ4v) is 1.47. The van der Waals surface area contributed by atoms with Crippen LogP contribution in [0.15, 0.2) is 0 Å². The Bertz CT molecular complexity index is 261. The summed E-state index contributed by atoms with van der Waals surface area (Å²) in [5, 5.41) is 18.6. The summed E-state index contributed by atoms with van der Waals surface area (Å²) in [4.78, 5) is 13.0. The zero-order chi connectivity index (χ0) is 11.9. The normalized spacial score (nSPS) is 31.1. The SMILES string of the molecule is C[C@H]1N(C(=O)OC(C)(C)C)CC1(O)CO. The van der Waals surface area contributed by atoms with Crippen molar-refractivity contribution in [2.24, 2.45) is 0 Å². The highest BCUT2D eigenvalue weighted by Gasteiger charge is 2.51. The van der Waals surface area contributed by atoms with E-state index in [4.69, 9.17) is 9.84 Å². The van der Waals surface area contributed by atoms with Gasteiger partial charge in [-0.25, -0.2) is 4.79 Å². The van der Waals surface area contributed by atoms with Crippen molar-refractivity contribution < 1.29 is 19.7 Å². The quantitative estimate of drug-likeness (QED) is 0.665. The van der Waals surface area contributed by atoms with Crippen LogP contribution in [0.25, 0.3) is 0 Å². The molecule has 0 spiro atoms. The van der Waals surface area contributed by atoms with Gasteiger partial charge in [-0.15, -0.1) is 0 Å². The average Bonchev–Trinajstić information content (AvgIpc) is 2.10. The Morgan fingerprint density at radius 3 is 2.47 bits per heavy atom. The lowest BCUT2D eigenvalue weighted by Gasteiger charge is -2.51. The average molecular weight is 217 g/mol. The molecule has 1 fully saturated rings. The summed E-state index contributed by atoms with van der Waals surface area (Å²) in [6.07, 6.45) is -0.451. The molecule has 0 aromatic heterocycles. The molecule has 1 rings (SSSR count). The van der Waals surface area contributed by atoms with Crippen molar-refractivity contribution in [2.45, 2.75) is 44.9 Å². The second-order valence-electron chi connectivity index (χ2n) is 5.05. The van der Waals surface area contributed by atoms with Gasteiger partial charge >= 0.3 is 6.09 Å². The fraction of sp³-hybridized carbons (Fsp3) is 0.900. The second-order valence-corrected chi connectivity index (χ2v) is 5.05. The summed E-state index contributed by atoms with van der Waals surface area (Å²) in [6, 6.07) is -0.405. The molecule has 1 heterocycles. The van der Waals surface area contributed by atoms with Crippen molar-refractivity contribution >= 4 is 6.09 Å². The molecule has 5 nitrogen and oxygen atoms in total. The van der Waals surface area contributed by atoms with E-state index in [0.29, 0.717) is 0 Å². The molecule has 2 atom stereocenters. The first-order valence-electron chi connectivity index (χ1n) is 5.02. The van der Waals surface area contributed by atoms with Crippen molar-refractivity contribution in [3.8, 4) is 0 Å². The van der Waals surface area contributed by atoms with Gasteiger partial charge in [0.2, 0.25) is 0 Å². The van der Waals surface area contributed by atoms with Gasteiger partial charge < -0.3 is 14.9 Å². The predicted molar refractivity (Wildman–Crippen MR) is 54.4 cm³/mol. The van der Waals surface area contributed by atoms with E-state index in [9.17, 15) is 9.90 Å². The van der Waals surface area contributed by atoms with Gasteiger partial charge in [-0.2, -0.15) is 0 Å². The van der Waals surface area contributed by atoms with E-state index in [1.807, 2.05) is 0 Å². The van der Waals surface area contributed by atoms with Crippen LogP contribution in [0.2, 0.25) is 0 Å². The first-order chi connectivity index (χ1) is 6.69. The van der Waals surface area contributed by atoms with Crippen molar-refractivity contribution in [3.05, 3.63) is 0 Å². The molecule has 5 heteroatoms. The van der Waals surface area contributed by atoms with E-state index in [0.717, 1.165) is 0 Å². The maximum atomic E-state index is 11.6. The standard InChI is InChI=1S/C10H19NO4/c1-7-10(14,6-12)5-11(7)8(13)15-9(2,3)4/h7,12,14H,5-6H2,1-4H3/t7-,10?/m1/s1. The summed E-state index contributed by atoms with van der Waals surface area (Å²) < 4.78 is 5.14. The molecule has 1 saturated heterocycles. The number of aliphatic hydroxyl groups is 2. The van der Waals surface area contributed by atoms with Crippen molar-refractivity contribution in [1.29, 1.82) is 0 Å². The Morgan fingerprint density at radius 1 is 1.60 bits per heavy atom. The lowest BCUT2D eigenvalue weighted by Crippen LogP contribution is -2.71. The molecule has 0 aromatic carbocycles. The van der Waals surface area contributed by atoms with E-state index < -0.39 is 23.3 Å². The Hall–Kier alpha value is -0.810. The number of rotatable bonds is 1. The van der Waals surface area contributed by atoms with E-state index >= 15 is 0 Å². The summed E-state index contributed by atoms with van der Waals surface area (Å²) in [5.74, 6) is 0. The molecule has 2 N–H and O–H groups in total. The number of carbonyl (C=O) groups is 1. The maximum Gasteiger partial charge on any atom is 0.410 e. The van der Waals surface area contributed by atoms with Gasteiger partial charge in [0.1, 0.15) is 11.2 Å². The second kappa shape index (κ2) is 3.64. The Kier molecular flexibility index (Phi) is 2.98. The van der Waals surface area contributed by atoms with Gasteiger partial charge in [0.25, 0.3) is 0 Å². The number of hydrogen-bond donors (Lipinski definition) is 2. The van der Waals surface area contributed by atoms with Crippen LogP contribution in [0.5, 0.6) is 0 Å². The largest absolute Gasteiger partial charge is 0.444 e. The molecule has 88 valence electrons. The third-order valence-electron chi connectivity index (χ3n) is 2.59. The van der Waals surface area contributed by atoms with Crippen LogP contribution < -0.4 is 0 Å². The number of likely N-dealkylation sites (tertiary alicyclic amines) is 1.